The number of hydrogen-bond acceptors (Lipinski definition) is 5. The largest absolute Gasteiger partial charge is 0.478 e. The van der Waals surface area contributed by atoms with E-state index in [2.05, 4.69) is 10.4 Å². The number of hydrogen-bond donors (Lipinski definition) is 3. The Hall–Kier alpha value is -2.39. The number of aromatic nitrogens is 2. The molecule has 2 aromatic rings. The van der Waals surface area contributed by atoms with E-state index < -0.39 is 16.0 Å². The number of rotatable bonds is 5. The van der Waals surface area contributed by atoms with E-state index in [4.69, 9.17) is 10.2 Å². The zero-order valence-electron chi connectivity index (χ0n) is 11.1. The molecule has 0 fully saturated rings. The van der Waals surface area contributed by atoms with E-state index in [0.29, 0.717) is 12.2 Å². The van der Waals surface area contributed by atoms with Gasteiger partial charge in [-0.15, -0.1) is 0 Å². The van der Waals surface area contributed by atoms with Crippen LogP contribution in [0.3, 0.4) is 0 Å². The number of aryl methyl sites for hydroxylation is 1. The summed E-state index contributed by atoms with van der Waals surface area (Å²) in [6.45, 7) is 0.364. The van der Waals surface area contributed by atoms with Crippen LogP contribution < -0.4 is 10.5 Å². The minimum absolute atomic E-state index is 0.162. The highest BCUT2D eigenvalue weighted by atomic mass is 32.2. The molecule has 0 saturated carbocycles. The molecule has 0 amide bonds. The lowest BCUT2D eigenvalue weighted by Gasteiger charge is -2.10. The van der Waals surface area contributed by atoms with Crippen molar-refractivity contribution in [2.24, 2.45) is 12.2 Å². The fourth-order valence-electron chi connectivity index (χ4n) is 1.79. The van der Waals surface area contributed by atoms with Crippen molar-refractivity contribution in [3.63, 3.8) is 0 Å². The molecule has 1 aromatic carbocycles. The summed E-state index contributed by atoms with van der Waals surface area (Å²) in [6, 6.07) is 3.66. The maximum atomic E-state index is 11.3. The van der Waals surface area contributed by atoms with Gasteiger partial charge in [-0.05, 0) is 18.2 Å². The summed E-state index contributed by atoms with van der Waals surface area (Å²) in [7, 11) is -2.17. The molecular weight excluding hydrogens is 296 g/mol. The highest BCUT2D eigenvalue weighted by molar-refractivity contribution is 7.89. The van der Waals surface area contributed by atoms with Gasteiger partial charge in [0.25, 0.3) is 0 Å². The zero-order chi connectivity index (χ0) is 15.6. The highest BCUT2D eigenvalue weighted by Crippen LogP contribution is 2.20. The lowest BCUT2D eigenvalue weighted by molar-refractivity contribution is 0.0697. The average Bonchev–Trinajstić information content (AvgIpc) is 2.80. The Morgan fingerprint density at radius 2 is 2.19 bits per heavy atom. The normalized spacial score (nSPS) is 11.3. The number of carbonyl (C=O) groups is 1. The third kappa shape index (κ3) is 3.58. The van der Waals surface area contributed by atoms with Crippen molar-refractivity contribution >= 4 is 21.7 Å². The Balaban J connectivity index is 2.28. The molecule has 0 unspecified atom stereocenters. The predicted octanol–water partition coefficient (Wildman–Crippen LogP) is 0.378. The van der Waals surface area contributed by atoms with E-state index >= 15 is 0 Å². The fraction of sp³-hybridized carbons (Fsp3) is 0.167. The summed E-state index contributed by atoms with van der Waals surface area (Å²) >= 11 is 0. The molecule has 1 heterocycles. The Morgan fingerprint density at radius 1 is 1.48 bits per heavy atom. The second-order valence-electron chi connectivity index (χ2n) is 4.43. The van der Waals surface area contributed by atoms with E-state index in [1.807, 2.05) is 0 Å². The van der Waals surface area contributed by atoms with Crippen molar-refractivity contribution in [3.8, 4) is 0 Å². The van der Waals surface area contributed by atoms with Gasteiger partial charge in [0.1, 0.15) is 0 Å². The predicted molar refractivity (Wildman–Crippen MR) is 75.3 cm³/mol. The smallest absolute Gasteiger partial charge is 0.337 e. The molecule has 0 aliphatic rings. The quantitative estimate of drug-likeness (QED) is 0.732. The molecule has 4 N–H and O–H groups in total. The van der Waals surface area contributed by atoms with Gasteiger partial charge in [0.15, 0.2) is 0 Å². The second kappa shape index (κ2) is 5.54. The number of carboxylic acids is 1. The van der Waals surface area contributed by atoms with Crippen LogP contribution in [0.25, 0.3) is 0 Å². The zero-order valence-corrected chi connectivity index (χ0v) is 12.0. The van der Waals surface area contributed by atoms with Crippen LogP contribution in [-0.2, 0) is 23.6 Å². The minimum Gasteiger partial charge on any atom is -0.478 e. The van der Waals surface area contributed by atoms with Crippen molar-refractivity contribution in [2.75, 3.05) is 5.32 Å². The minimum atomic E-state index is -3.94. The number of benzene rings is 1. The third-order valence-electron chi connectivity index (χ3n) is 2.79. The summed E-state index contributed by atoms with van der Waals surface area (Å²) in [4.78, 5) is 11.0. The van der Waals surface area contributed by atoms with Gasteiger partial charge in [0.05, 0.1) is 16.7 Å². The molecule has 0 aliphatic heterocycles. The number of aromatic carboxylic acids is 1. The molecule has 112 valence electrons. The molecule has 1 aromatic heterocycles. The number of sulfonamides is 1. The summed E-state index contributed by atoms with van der Waals surface area (Å²) in [5.41, 5.74) is 1.01. The van der Waals surface area contributed by atoms with Crippen molar-refractivity contribution in [2.45, 2.75) is 11.4 Å². The molecule has 0 radical (unpaired) electrons. The van der Waals surface area contributed by atoms with E-state index in [9.17, 15) is 13.2 Å². The Morgan fingerprint density at radius 3 is 2.71 bits per heavy atom. The molecule has 0 saturated heterocycles. The molecule has 0 atom stereocenters. The van der Waals surface area contributed by atoms with Crippen LogP contribution >= 0.6 is 0 Å². The number of nitrogens with zero attached hydrogens (tertiary/aromatic N) is 2. The van der Waals surface area contributed by atoms with Crippen molar-refractivity contribution in [1.29, 1.82) is 0 Å². The van der Waals surface area contributed by atoms with E-state index in [-0.39, 0.29) is 10.5 Å². The third-order valence-corrected chi connectivity index (χ3v) is 3.70. The van der Waals surface area contributed by atoms with Gasteiger partial charge in [-0.2, -0.15) is 5.10 Å². The molecule has 2 rings (SSSR count). The number of primary sulfonamides is 1. The van der Waals surface area contributed by atoms with Crippen LogP contribution in [0.5, 0.6) is 0 Å². The van der Waals surface area contributed by atoms with Crippen LogP contribution in [0.1, 0.15) is 15.9 Å². The van der Waals surface area contributed by atoms with Gasteiger partial charge in [0, 0.05) is 31.0 Å². The first kappa shape index (κ1) is 15.0. The van der Waals surface area contributed by atoms with Crippen molar-refractivity contribution in [1.82, 2.24) is 9.78 Å². The van der Waals surface area contributed by atoms with Crippen LogP contribution in [0.15, 0.2) is 35.5 Å². The highest BCUT2D eigenvalue weighted by Gasteiger charge is 2.16. The molecule has 0 aliphatic carbocycles. The van der Waals surface area contributed by atoms with Gasteiger partial charge < -0.3 is 10.4 Å². The molecule has 0 spiro atoms. The Labute approximate surface area is 121 Å². The summed E-state index contributed by atoms with van der Waals surface area (Å²) in [5.74, 6) is -1.24. The lowest BCUT2D eigenvalue weighted by Crippen LogP contribution is -2.14. The lowest BCUT2D eigenvalue weighted by atomic mass is 10.1. The van der Waals surface area contributed by atoms with Crippen molar-refractivity contribution in [3.05, 3.63) is 41.7 Å². The van der Waals surface area contributed by atoms with Crippen LogP contribution in [-0.4, -0.2) is 29.3 Å². The first-order chi connectivity index (χ1) is 9.77. The maximum absolute atomic E-state index is 11.3. The molecule has 21 heavy (non-hydrogen) atoms. The number of carboxylic acid groups (broad SMARTS) is 1. The van der Waals surface area contributed by atoms with E-state index in [0.717, 1.165) is 11.6 Å². The maximum Gasteiger partial charge on any atom is 0.337 e. The Kier molecular flexibility index (Phi) is 3.96. The summed E-state index contributed by atoms with van der Waals surface area (Å²) in [5, 5.41) is 21.1. The number of anilines is 1. The number of nitrogens with two attached hydrogens (primary N) is 1. The SMILES string of the molecule is Cn1cc(CNc2ccc(S(N)(=O)=O)cc2C(=O)O)cn1. The van der Waals surface area contributed by atoms with Gasteiger partial charge in [-0.1, -0.05) is 0 Å². The van der Waals surface area contributed by atoms with E-state index in [1.165, 1.54) is 12.1 Å². The average molecular weight is 310 g/mol. The first-order valence-electron chi connectivity index (χ1n) is 5.89. The van der Waals surface area contributed by atoms with Gasteiger partial charge in [-0.25, -0.2) is 18.4 Å². The monoisotopic (exact) mass is 310 g/mol. The van der Waals surface area contributed by atoms with E-state index in [1.54, 1.807) is 24.1 Å². The molecule has 0 bridgehead atoms. The molecule has 8 nitrogen and oxygen atoms in total. The first-order valence-corrected chi connectivity index (χ1v) is 7.43. The molecular formula is C12H14N4O4S. The van der Waals surface area contributed by atoms with Gasteiger partial charge in [0.2, 0.25) is 10.0 Å². The summed E-state index contributed by atoms with van der Waals surface area (Å²) < 4.78 is 24.1. The van der Waals surface area contributed by atoms with Crippen LogP contribution in [0, 0.1) is 0 Å². The topological polar surface area (TPSA) is 127 Å². The Bertz CT molecular complexity index is 782. The summed E-state index contributed by atoms with van der Waals surface area (Å²) in [6.07, 6.45) is 3.43. The van der Waals surface area contributed by atoms with Crippen molar-refractivity contribution < 1.29 is 18.3 Å². The van der Waals surface area contributed by atoms with Crippen LogP contribution in [0.4, 0.5) is 5.69 Å². The molecule has 9 heteroatoms. The second-order valence-corrected chi connectivity index (χ2v) is 5.99. The number of nitrogens with one attached hydrogen (secondary N) is 1. The standard InChI is InChI=1S/C12H14N4O4S/c1-16-7-8(6-15-16)5-14-11-3-2-9(21(13,19)20)4-10(11)12(17)18/h2-4,6-7,14H,5H2,1H3,(H,17,18)(H2,13,19,20). The fourth-order valence-corrected chi connectivity index (χ4v) is 2.33. The van der Waals surface area contributed by atoms with Gasteiger partial charge in [-0.3, -0.25) is 4.68 Å². The van der Waals surface area contributed by atoms with Crippen LogP contribution in [0.2, 0.25) is 0 Å². The van der Waals surface area contributed by atoms with Gasteiger partial charge >= 0.3 is 5.97 Å².